The van der Waals surface area contributed by atoms with E-state index < -0.39 is 13.9 Å². The summed E-state index contributed by atoms with van der Waals surface area (Å²) in [7, 11) is -1.62. The second-order valence-corrected chi connectivity index (χ2v) is 10.4. The second-order valence-electron chi connectivity index (χ2n) is 5.94. The molecule has 1 saturated carbocycles. The Hall–Kier alpha value is -0.333. The minimum absolute atomic E-state index is 0.463. The van der Waals surface area contributed by atoms with Crippen LogP contribution in [0, 0.1) is 11.3 Å². The van der Waals surface area contributed by atoms with Gasteiger partial charge in [-0.25, -0.2) is 0 Å². The Bertz CT molecular complexity index is 242. The SMILES string of the molecule is C[Si](C)(C)OC1(C#N)CCCCCCCC1. The van der Waals surface area contributed by atoms with Gasteiger partial charge in [0.1, 0.15) is 5.60 Å². The van der Waals surface area contributed by atoms with Gasteiger partial charge in [-0.05, 0) is 45.3 Å². The van der Waals surface area contributed by atoms with Gasteiger partial charge in [-0.2, -0.15) is 5.26 Å². The zero-order valence-electron chi connectivity index (χ0n) is 11.0. The zero-order chi connectivity index (χ0) is 12.1. The summed E-state index contributed by atoms with van der Waals surface area (Å²) >= 11 is 0. The molecule has 1 fully saturated rings. The molecule has 0 N–H and O–H groups in total. The standard InChI is InChI=1S/C13H25NOSi/c1-16(2,3)15-13(12-14)10-8-6-4-5-7-9-11-13/h4-11H2,1-3H3. The van der Waals surface area contributed by atoms with E-state index in [0.29, 0.717) is 0 Å². The number of hydrogen-bond acceptors (Lipinski definition) is 2. The Morgan fingerprint density at radius 1 is 0.938 bits per heavy atom. The van der Waals surface area contributed by atoms with Crippen LogP contribution in [0.4, 0.5) is 0 Å². The van der Waals surface area contributed by atoms with Crippen molar-refractivity contribution in [3.05, 3.63) is 0 Å². The minimum Gasteiger partial charge on any atom is -0.400 e. The molecule has 0 heterocycles. The molecule has 0 aromatic rings. The first-order chi connectivity index (χ1) is 7.47. The number of nitrogens with zero attached hydrogens (tertiary/aromatic N) is 1. The lowest BCUT2D eigenvalue weighted by Crippen LogP contribution is -2.41. The Kier molecular flexibility index (Phi) is 5.01. The lowest BCUT2D eigenvalue weighted by atomic mass is 9.93. The first kappa shape index (κ1) is 13.7. The molecule has 2 nitrogen and oxygen atoms in total. The molecule has 0 amide bonds. The third-order valence-electron chi connectivity index (χ3n) is 3.12. The van der Waals surface area contributed by atoms with Crippen LogP contribution in [0.2, 0.25) is 19.6 Å². The molecule has 0 aliphatic heterocycles. The summed E-state index contributed by atoms with van der Waals surface area (Å²) in [5.74, 6) is 0. The van der Waals surface area contributed by atoms with Crippen molar-refractivity contribution in [3.8, 4) is 6.07 Å². The first-order valence-corrected chi connectivity index (χ1v) is 10.00. The molecule has 0 aromatic carbocycles. The van der Waals surface area contributed by atoms with Crippen molar-refractivity contribution in [1.82, 2.24) is 0 Å². The van der Waals surface area contributed by atoms with E-state index in [1.54, 1.807) is 0 Å². The molecule has 0 unspecified atom stereocenters. The van der Waals surface area contributed by atoms with E-state index in [1.807, 2.05) is 0 Å². The van der Waals surface area contributed by atoms with Crippen LogP contribution in [0.1, 0.15) is 51.4 Å². The van der Waals surface area contributed by atoms with E-state index >= 15 is 0 Å². The quantitative estimate of drug-likeness (QED) is 0.675. The van der Waals surface area contributed by atoms with E-state index in [0.717, 1.165) is 25.7 Å². The van der Waals surface area contributed by atoms with Crippen LogP contribution in [-0.2, 0) is 4.43 Å². The van der Waals surface area contributed by atoms with Gasteiger partial charge >= 0.3 is 0 Å². The lowest BCUT2D eigenvalue weighted by molar-refractivity contribution is 0.0957. The Morgan fingerprint density at radius 2 is 1.38 bits per heavy atom. The molecule has 16 heavy (non-hydrogen) atoms. The average Bonchev–Trinajstić information content (AvgIpc) is 2.28. The molecule has 0 bridgehead atoms. The van der Waals surface area contributed by atoms with E-state index in [1.165, 1.54) is 25.7 Å². The van der Waals surface area contributed by atoms with Gasteiger partial charge in [-0.1, -0.05) is 25.7 Å². The lowest BCUT2D eigenvalue weighted by Gasteiger charge is -2.33. The monoisotopic (exact) mass is 239 g/mol. The minimum atomic E-state index is -1.62. The largest absolute Gasteiger partial charge is 0.400 e. The zero-order valence-corrected chi connectivity index (χ0v) is 12.0. The van der Waals surface area contributed by atoms with Crippen molar-refractivity contribution in [2.45, 2.75) is 76.6 Å². The molecule has 92 valence electrons. The molecule has 0 radical (unpaired) electrons. The van der Waals surface area contributed by atoms with Crippen molar-refractivity contribution in [2.75, 3.05) is 0 Å². The normalized spacial score (nSPS) is 22.6. The summed E-state index contributed by atoms with van der Waals surface area (Å²) in [6.45, 7) is 6.54. The van der Waals surface area contributed by atoms with Gasteiger partial charge in [0, 0.05) is 0 Å². The molecular weight excluding hydrogens is 214 g/mol. The molecule has 1 aliphatic carbocycles. The van der Waals surface area contributed by atoms with Crippen LogP contribution in [0.15, 0.2) is 0 Å². The van der Waals surface area contributed by atoms with Gasteiger partial charge in [0.15, 0.2) is 8.32 Å². The summed E-state index contributed by atoms with van der Waals surface area (Å²) < 4.78 is 6.18. The van der Waals surface area contributed by atoms with Crippen molar-refractivity contribution >= 4 is 8.32 Å². The third kappa shape index (κ3) is 4.67. The maximum absolute atomic E-state index is 9.46. The van der Waals surface area contributed by atoms with Gasteiger partial charge < -0.3 is 4.43 Å². The fourth-order valence-corrected chi connectivity index (χ4v) is 3.90. The van der Waals surface area contributed by atoms with Crippen LogP contribution in [0.25, 0.3) is 0 Å². The smallest absolute Gasteiger partial charge is 0.185 e. The number of hydrogen-bond donors (Lipinski definition) is 0. The van der Waals surface area contributed by atoms with E-state index in [2.05, 4.69) is 25.7 Å². The van der Waals surface area contributed by atoms with Gasteiger partial charge in [0.25, 0.3) is 0 Å². The summed E-state index contributed by atoms with van der Waals surface area (Å²) in [6.07, 6.45) is 9.36. The van der Waals surface area contributed by atoms with Crippen LogP contribution >= 0.6 is 0 Å². The maximum Gasteiger partial charge on any atom is 0.185 e. The summed E-state index contributed by atoms with van der Waals surface area (Å²) in [4.78, 5) is 0. The molecule has 3 heteroatoms. The van der Waals surface area contributed by atoms with Crippen molar-refractivity contribution in [1.29, 1.82) is 5.26 Å². The number of rotatable bonds is 2. The first-order valence-electron chi connectivity index (χ1n) is 6.59. The fraction of sp³-hybridized carbons (Fsp3) is 0.923. The van der Waals surface area contributed by atoms with Crippen molar-refractivity contribution < 1.29 is 4.43 Å². The van der Waals surface area contributed by atoms with E-state index in [-0.39, 0.29) is 0 Å². The Morgan fingerprint density at radius 3 is 1.75 bits per heavy atom. The maximum atomic E-state index is 9.46. The fourth-order valence-electron chi connectivity index (χ4n) is 2.48. The molecule has 0 spiro atoms. The van der Waals surface area contributed by atoms with Crippen molar-refractivity contribution in [3.63, 3.8) is 0 Å². The van der Waals surface area contributed by atoms with Crippen LogP contribution < -0.4 is 0 Å². The van der Waals surface area contributed by atoms with Gasteiger partial charge in [-0.15, -0.1) is 0 Å². The Balaban J connectivity index is 2.69. The Labute approximate surface area is 101 Å². The van der Waals surface area contributed by atoms with E-state index in [4.69, 9.17) is 4.43 Å². The highest BCUT2D eigenvalue weighted by atomic mass is 28.4. The summed E-state index contributed by atoms with van der Waals surface area (Å²) in [5, 5.41) is 9.46. The topological polar surface area (TPSA) is 33.0 Å². The molecule has 0 saturated heterocycles. The van der Waals surface area contributed by atoms with Gasteiger partial charge in [0.05, 0.1) is 6.07 Å². The molecule has 0 aromatic heterocycles. The highest BCUT2D eigenvalue weighted by Gasteiger charge is 2.35. The second kappa shape index (κ2) is 5.84. The predicted octanol–water partition coefficient (Wildman–Crippen LogP) is 4.23. The molecule has 1 aliphatic rings. The summed E-state index contributed by atoms with van der Waals surface area (Å²) in [6, 6.07) is 2.48. The van der Waals surface area contributed by atoms with Crippen LogP contribution in [0.5, 0.6) is 0 Å². The van der Waals surface area contributed by atoms with Crippen LogP contribution in [-0.4, -0.2) is 13.9 Å². The highest BCUT2D eigenvalue weighted by molar-refractivity contribution is 6.69. The van der Waals surface area contributed by atoms with Gasteiger partial charge in [0.2, 0.25) is 0 Å². The molecule has 0 atom stereocenters. The molecule has 1 rings (SSSR count). The average molecular weight is 239 g/mol. The van der Waals surface area contributed by atoms with E-state index in [9.17, 15) is 5.26 Å². The third-order valence-corrected chi connectivity index (χ3v) is 4.12. The molecular formula is C13H25NOSi. The summed E-state index contributed by atoms with van der Waals surface area (Å²) in [5.41, 5.74) is -0.463. The van der Waals surface area contributed by atoms with Gasteiger partial charge in [-0.3, -0.25) is 0 Å². The predicted molar refractivity (Wildman–Crippen MR) is 69.7 cm³/mol. The number of nitriles is 1. The van der Waals surface area contributed by atoms with Crippen LogP contribution in [0.3, 0.4) is 0 Å². The highest BCUT2D eigenvalue weighted by Crippen LogP contribution is 2.31. The van der Waals surface area contributed by atoms with Crippen molar-refractivity contribution in [2.24, 2.45) is 0 Å².